The van der Waals surface area contributed by atoms with Crippen LogP contribution in [0.15, 0.2) is 12.4 Å². The number of hydrogen-bond donors (Lipinski definition) is 0. The molecule has 4 heteroatoms. The highest BCUT2D eigenvalue weighted by molar-refractivity contribution is 5.23. The van der Waals surface area contributed by atoms with Crippen molar-refractivity contribution >= 4 is 0 Å². The molecule has 0 amide bonds. The standard InChI is InChI=1S/C13H16N2O2/c1-10-6-11(7-10)17-12-8-14-13(15-9-12)4-3-5-16-2/h8-11H,5-7H2,1-2H3. The summed E-state index contributed by atoms with van der Waals surface area (Å²) in [5, 5.41) is 0. The van der Waals surface area contributed by atoms with Gasteiger partial charge in [-0.15, -0.1) is 0 Å². The van der Waals surface area contributed by atoms with Gasteiger partial charge in [0.25, 0.3) is 0 Å². The van der Waals surface area contributed by atoms with Gasteiger partial charge in [0.05, 0.1) is 18.5 Å². The second-order valence-electron chi connectivity index (χ2n) is 4.29. The Bertz CT molecular complexity index is 413. The molecule has 1 heterocycles. The lowest BCUT2D eigenvalue weighted by Gasteiger charge is -2.32. The number of nitrogens with zero attached hydrogens (tertiary/aromatic N) is 2. The van der Waals surface area contributed by atoms with Gasteiger partial charge < -0.3 is 9.47 Å². The van der Waals surface area contributed by atoms with Crippen molar-refractivity contribution in [2.75, 3.05) is 13.7 Å². The first-order valence-electron chi connectivity index (χ1n) is 5.74. The van der Waals surface area contributed by atoms with E-state index >= 15 is 0 Å². The molecular weight excluding hydrogens is 216 g/mol. The summed E-state index contributed by atoms with van der Waals surface area (Å²) in [6, 6.07) is 0. The smallest absolute Gasteiger partial charge is 0.205 e. The molecular formula is C13H16N2O2. The molecule has 0 N–H and O–H groups in total. The average molecular weight is 232 g/mol. The lowest BCUT2D eigenvalue weighted by Crippen LogP contribution is -2.31. The van der Waals surface area contributed by atoms with Gasteiger partial charge in [-0.1, -0.05) is 12.8 Å². The van der Waals surface area contributed by atoms with Gasteiger partial charge in [-0.25, -0.2) is 9.97 Å². The fourth-order valence-corrected chi connectivity index (χ4v) is 1.75. The number of methoxy groups -OCH3 is 1. The summed E-state index contributed by atoms with van der Waals surface area (Å²) < 4.78 is 10.5. The Morgan fingerprint density at radius 1 is 1.35 bits per heavy atom. The summed E-state index contributed by atoms with van der Waals surface area (Å²) in [4.78, 5) is 8.23. The first-order chi connectivity index (χ1) is 8.28. The molecule has 0 spiro atoms. The van der Waals surface area contributed by atoms with Crippen LogP contribution in [-0.2, 0) is 4.74 Å². The van der Waals surface area contributed by atoms with Crippen molar-refractivity contribution in [3.8, 4) is 17.6 Å². The highest BCUT2D eigenvalue weighted by Crippen LogP contribution is 2.30. The van der Waals surface area contributed by atoms with E-state index in [1.807, 2.05) is 0 Å². The molecule has 1 saturated carbocycles. The molecule has 1 aromatic rings. The molecule has 0 unspecified atom stereocenters. The predicted molar refractivity (Wildman–Crippen MR) is 63.6 cm³/mol. The van der Waals surface area contributed by atoms with E-state index in [-0.39, 0.29) is 0 Å². The maximum atomic E-state index is 5.70. The molecule has 2 rings (SSSR count). The molecule has 0 radical (unpaired) electrons. The first-order valence-corrected chi connectivity index (χ1v) is 5.74. The van der Waals surface area contributed by atoms with Crippen LogP contribution in [0.1, 0.15) is 25.6 Å². The fourth-order valence-electron chi connectivity index (χ4n) is 1.75. The lowest BCUT2D eigenvalue weighted by molar-refractivity contribution is 0.0731. The monoisotopic (exact) mass is 232 g/mol. The largest absolute Gasteiger partial charge is 0.487 e. The van der Waals surface area contributed by atoms with E-state index < -0.39 is 0 Å². The Morgan fingerprint density at radius 2 is 2.06 bits per heavy atom. The zero-order valence-corrected chi connectivity index (χ0v) is 10.1. The zero-order valence-electron chi connectivity index (χ0n) is 10.1. The van der Waals surface area contributed by atoms with Crippen molar-refractivity contribution in [1.29, 1.82) is 0 Å². The summed E-state index contributed by atoms with van der Waals surface area (Å²) in [6.07, 6.45) is 5.92. The highest BCUT2D eigenvalue weighted by atomic mass is 16.5. The summed E-state index contributed by atoms with van der Waals surface area (Å²) in [7, 11) is 1.60. The van der Waals surface area contributed by atoms with E-state index in [9.17, 15) is 0 Å². The topological polar surface area (TPSA) is 44.2 Å². The molecule has 0 saturated heterocycles. The third-order valence-corrected chi connectivity index (χ3v) is 2.68. The van der Waals surface area contributed by atoms with Gasteiger partial charge in [0, 0.05) is 7.11 Å². The lowest BCUT2D eigenvalue weighted by atomic mass is 9.84. The molecule has 90 valence electrons. The Kier molecular flexibility index (Phi) is 3.94. The molecule has 4 nitrogen and oxygen atoms in total. The Labute approximate surface area is 101 Å². The number of rotatable bonds is 3. The van der Waals surface area contributed by atoms with E-state index in [4.69, 9.17) is 9.47 Å². The van der Waals surface area contributed by atoms with Crippen molar-refractivity contribution in [3.05, 3.63) is 18.2 Å². The van der Waals surface area contributed by atoms with Crippen molar-refractivity contribution in [3.63, 3.8) is 0 Å². The molecule has 17 heavy (non-hydrogen) atoms. The normalized spacial score (nSPS) is 22.2. The Morgan fingerprint density at radius 3 is 2.65 bits per heavy atom. The van der Waals surface area contributed by atoms with Gasteiger partial charge in [-0.05, 0) is 24.7 Å². The molecule has 1 aliphatic rings. The quantitative estimate of drug-likeness (QED) is 0.743. The van der Waals surface area contributed by atoms with Crippen LogP contribution in [0.3, 0.4) is 0 Å². The van der Waals surface area contributed by atoms with Crippen LogP contribution in [0.5, 0.6) is 5.75 Å². The third-order valence-electron chi connectivity index (χ3n) is 2.68. The second kappa shape index (κ2) is 5.65. The highest BCUT2D eigenvalue weighted by Gasteiger charge is 2.27. The van der Waals surface area contributed by atoms with E-state index in [2.05, 4.69) is 28.7 Å². The summed E-state index contributed by atoms with van der Waals surface area (Å²) in [5.74, 6) is 7.61. The van der Waals surface area contributed by atoms with E-state index in [1.54, 1.807) is 19.5 Å². The summed E-state index contributed by atoms with van der Waals surface area (Å²) in [5.41, 5.74) is 0. The Hall–Kier alpha value is -1.60. The van der Waals surface area contributed by atoms with Gasteiger partial charge in [0.15, 0.2) is 5.75 Å². The van der Waals surface area contributed by atoms with Crippen LogP contribution in [0.2, 0.25) is 0 Å². The number of hydrogen-bond acceptors (Lipinski definition) is 4. The molecule has 0 atom stereocenters. The Balaban J connectivity index is 1.87. The van der Waals surface area contributed by atoms with Crippen LogP contribution in [0.25, 0.3) is 0 Å². The van der Waals surface area contributed by atoms with E-state index in [0.717, 1.165) is 24.5 Å². The number of ether oxygens (including phenoxy) is 2. The molecule has 1 aromatic heterocycles. The summed E-state index contributed by atoms with van der Waals surface area (Å²) in [6.45, 7) is 2.62. The van der Waals surface area contributed by atoms with Crippen LogP contribution in [0.4, 0.5) is 0 Å². The maximum absolute atomic E-state index is 5.70. The zero-order chi connectivity index (χ0) is 12.1. The first kappa shape index (κ1) is 11.9. The minimum Gasteiger partial charge on any atom is -0.487 e. The fraction of sp³-hybridized carbons (Fsp3) is 0.538. The van der Waals surface area contributed by atoms with Crippen molar-refractivity contribution in [1.82, 2.24) is 9.97 Å². The van der Waals surface area contributed by atoms with Crippen LogP contribution >= 0.6 is 0 Å². The summed E-state index contributed by atoms with van der Waals surface area (Å²) >= 11 is 0. The number of aromatic nitrogens is 2. The molecule has 1 aliphatic carbocycles. The van der Waals surface area contributed by atoms with Crippen LogP contribution < -0.4 is 4.74 Å². The average Bonchev–Trinajstić information content (AvgIpc) is 2.30. The van der Waals surface area contributed by atoms with E-state index in [1.165, 1.54) is 0 Å². The second-order valence-corrected chi connectivity index (χ2v) is 4.29. The van der Waals surface area contributed by atoms with Crippen molar-refractivity contribution in [2.24, 2.45) is 5.92 Å². The van der Waals surface area contributed by atoms with Gasteiger partial charge in [0.1, 0.15) is 6.61 Å². The van der Waals surface area contributed by atoms with E-state index in [0.29, 0.717) is 18.5 Å². The minimum absolute atomic E-state index is 0.332. The van der Waals surface area contributed by atoms with Gasteiger partial charge in [0.2, 0.25) is 5.82 Å². The van der Waals surface area contributed by atoms with Gasteiger partial charge >= 0.3 is 0 Å². The van der Waals surface area contributed by atoms with Crippen molar-refractivity contribution in [2.45, 2.75) is 25.9 Å². The third kappa shape index (κ3) is 3.43. The minimum atomic E-state index is 0.332. The maximum Gasteiger partial charge on any atom is 0.205 e. The molecule has 1 fully saturated rings. The van der Waals surface area contributed by atoms with Gasteiger partial charge in [-0.3, -0.25) is 0 Å². The molecule has 0 aromatic carbocycles. The van der Waals surface area contributed by atoms with Crippen LogP contribution in [-0.4, -0.2) is 29.8 Å². The van der Waals surface area contributed by atoms with Gasteiger partial charge in [-0.2, -0.15) is 0 Å². The SMILES string of the molecule is COCC#Cc1ncc(OC2CC(C)C2)cn1. The molecule has 0 bridgehead atoms. The molecule has 0 aliphatic heterocycles. The van der Waals surface area contributed by atoms with Crippen LogP contribution in [0, 0.1) is 17.8 Å². The predicted octanol–water partition coefficient (Wildman–Crippen LogP) is 1.65. The van der Waals surface area contributed by atoms with Crippen molar-refractivity contribution < 1.29 is 9.47 Å².